The minimum Gasteiger partial charge on any atom is -0.481 e. The quantitative estimate of drug-likeness (QED) is 0.831. The average Bonchev–Trinajstić information content (AvgIpc) is 2.53. The summed E-state index contributed by atoms with van der Waals surface area (Å²) in [6.07, 6.45) is 1.14. The lowest BCUT2D eigenvalue weighted by molar-refractivity contribution is -0.137. The van der Waals surface area contributed by atoms with Crippen LogP contribution in [0.25, 0.3) is 11.3 Å². The number of benzene rings is 1. The van der Waals surface area contributed by atoms with Gasteiger partial charge in [-0.2, -0.15) is 5.26 Å². The van der Waals surface area contributed by atoms with Gasteiger partial charge in [0.2, 0.25) is 0 Å². The molecule has 0 saturated carbocycles. The molecule has 1 heterocycles. The normalized spacial score (nSPS) is 10.1. The van der Waals surface area contributed by atoms with Crippen molar-refractivity contribution >= 4 is 5.97 Å². The van der Waals surface area contributed by atoms with Crippen molar-refractivity contribution in [1.82, 2.24) is 4.57 Å². The summed E-state index contributed by atoms with van der Waals surface area (Å²) >= 11 is 0. The first-order valence-electron chi connectivity index (χ1n) is 7.04. The Kier molecular flexibility index (Phi) is 5.10. The van der Waals surface area contributed by atoms with E-state index >= 15 is 0 Å². The van der Waals surface area contributed by atoms with E-state index in [4.69, 9.17) is 10.4 Å². The van der Waals surface area contributed by atoms with Crippen LogP contribution < -0.4 is 5.56 Å². The van der Waals surface area contributed by atoms with Gasteiger partial charge < -0.3 is 9.67 Å². The summed E-state index contributed by atoms with van der Waals surface area (Å²) in [5.41, 5.74) is 1.39. The van der Waals surface area contributed by atoms with Crippen LogP contribution in [0.2, 0.25) is 0 Å². The second-order valence-electron chi connectivity index (χ2n) is 4.92. The maximum Gasteiger partial charge on any atom is 0.303 e. The molecule has 0 radical (unpaired) electrons. The first-order chi connectivity index (χ1) is 10.6. The van der Waals surface area contributed by atoms with Crippen molar-refractivity contribution in [2.45, 2.75) is 25.8 Å². The maximum atomic E-state index is 12.3. The van der Waals surface area contributed by atoms with Gasteiger partial charge in [0.1, 0.15) is 11.6 Å². The van der Waals surface area contributed by atoms with Crippen LogP contribution in [0.15, 0.2) is 47.3 Å². The highest BCUT2D eigenvalue weighted by molar-refractivity contribution is 5.66. The molecular weight excluding hydrogens is 280 g/mol. The number of aliphatic carboxylic acids is 1. The molecule has 0 unspecified atom stereocenters. The van der Waals surface area contributed by atoms with Crippen molar-refractivity contribution in [3.63, 3.8) is 0 Å². The molecular formula is C17H16N2O3. The summed E-state index contributed by atoms with van der Waals surface area (Å²) in [6.45, 7) is 0.395. The molecule has 0 aliphatic rings. The van der Waals surface area contributed by atoms with Crippen LogP contribution in [0, 0.1) is 11.3 Å². The third kappa shape index (κ3) is 3.61. The summed E-state index contributed by atoms with van der Waals surface area (Å²) in [7, 11) is 0. The van der Waals surface area contributed by atoms with E-state index in [0.29, 0.717) is 19.4 Å². The first-order valence-corrected chi connectivity index (χ1v) is 7.04. The lowest BCUT2D eigenvalue weighted by Crippen LogP contribution is -2.24. The Morgan fingerprint density at radius 2 is 1.86 bits per heavy atom. The molecule has 5 heteroatoms. The molecule has 0 fully saturated rings. The predicted octanol–water partition coefficient (Wildman–Crippen LogP) is 2.64. The highest BCUT2D eigenvalue weighted by Crippen LogP contribution is 2.18. The molecule has 1 aromatic heterocycles. The van der Waals surface area contributed by atoms with E-state index in [2.05, 4.69) is 0 Å². The van der Waals surface area contributed by atoms with Gasteiger partial charge >= 0.3 is 5.97 Å². The first kappa shape index (κ1) is 15.5. The van der Waals surface area contributed by atoms with Gasteiger partial charge in [0.25, 0.3) is 5.56 Å². The number of nitriles is 1. The van der Waals surface area contributed by atoms with Crippen LogP contribution >= 0.6 is 0 Å². The number of carbonyl (C=O) groups is 1. The van der Waals surface area contributed by atoms with E-state index in [1.54, 1.807) is 10.6 Å². The van der Waals surface area contributed by atoms with E-state index in [1.165, 1.54) is 6.07 Å². The fraction of sp³-hybridized carbons (Fsp3) is 0.235. The van der Waals surface area contributed by atoms with Crippen molar-refractivity contribution in [3.8, 4) is 17.3 Å². The molecule has 0 amide bonds. The molecule has 0 aliphatic carbocycles. The number of hydrogen-bond donors (Lipinski definition) is 1. The zero-order valence-corrected chi connectivity index (χ0v) is 12.0. The van der Waals surface area contributed by atoms with E-state index in [1.807, 2.05) is 36.4 Å². The summed E-state index contributed by atoms with van der Waals surface area (Å²) < 4.78 is 1.55. The Morgan fingerprint density at radius 1 is 1.14 bits per heavy atom. The van der Waals surface area contributed by atoms with Gasteiger partial charge in [-0.05, 0) is 30.5 Å². The average molecular weight is 296 g/mol. The second kappa shape index (κ2) is 7.23. The van der Waals surface area contributed by atoms with E-state index in [9.17, 15) is 9.59 Å². The minimum atomic E-state index is -0.846. The van der Waals surface area contributed by atoms with Gasteiger partial charge in [0.05, 0.1) is 5.69 Å². The van der Waals surface area contributed by atoms with Crippen molar-refractivity contribution in [3.05, 3.63) is 58.4 Å². The van der Waals surface area contributed by atoms with Crippen molar-refractivity contribution in [2.75, 3.05) is 0 Å². The molecule has 22 heavy (non-hydrogen) atoms. The number of aromatic nitrogens is 1. The van der Waals surface area contributed by atoms with Crippen LogP contribution in [0.5, 0.6) is 0 Å². The number of unbranched alkanes of at least 4 members (excludes halogenated alkanes) is 1. The Morgan fingerprint density at radius 3 is 2.50 bits per heavy atom. The lowest BCUT2D eigenvalue weighted by atomic mass is 10.1. The lowest BCUT2D eigenvalue weighted by Gasteiger charge is -2.13. The van der Waals surface area contributed by atoms with Gasteiger partial charge in [-0.15, -0.1) is 0 Å². The zero-order valence-electron chi connectivity index (χ0n) is 12.0. The molecule has 2 rings (SSSR count). The van der Waals surface area contributed by atoms with Crippen LogP contribution in [0.3, 0.4) is 0 Å². The van der Waals surface area contributed by atoms with Crippen LogP contribution in [-0.4, -0.2) is 15.6 Å². The predicted molar refractivity (Wildman–Crippen MR) is 82.3 cm³/mol. The number of rotatable bonds is 6. The van der Waals surface area contributed by atoms with E-state index in [0.717, 1.165) is 11.3 Å². The van der Waals surface area contributed by atoms with Crippen LogP contribution in [0.4, 0.5) is 0 Å². The topological polar surface area (TPSA) is 83.1 Å². The number of carboxylic acids is 1. The van der Waals surface area contributed by atoms with Gasteiger partial charge in [-0.3, -0.25) is 9.59 Å². The van der Waals surface area contributed by atoms with Crippen molar-refractivity contribution in [1.29, 1.82) is 5.26 Å². The SMILES string of the molecule is N#Cc1ccc(-c2ccccc2)n(CCCCC(=O)O)c1=O. The van der Waals surface area contributed by atoms with Gasteiger partial charge in [-0.1, -0.05) is 30.3 Å². The third-order valence-corrected chi connectivity index (χ3v) is 3.39. The maximum absolute atomic E-state index is 12.3. The Bertz CT molecular complexity index is 758. The highest BCUT2D eigenvalue weighted by Gasteiger charge is 2.10. The number of nitrogens with zero attached hydrogens (tertiary/aromatic N) is 2. The van der Waals surface area contributed by atoms with Crippen molar-refractivity contribution in [2.24, 2.45) is 0 Å². The van der Waals surface area contributed by atoms with Gasteiger partial charge in [0, 0.05) is 13.0 Å². The van der Waals surface area contributed by atoms with Crippen LogP contribution in [0.1, 0.15) is 24.8 Å². The number of carboxylic acid groups (broad SMARTS) is 1. The largest absolute Gasteiger partial charge is 0.481 e. The smallest absolute Gasteiger partial charge is 0.303 e. The molecule has 1 N–H and O–H groups in total. The summed E-state index contributed by atoms with van der Waals surface area (Å²) in [4.78, 5) is 22.9. The molecule has 1 aromatic carbocycles. The Labute approximate surface area is 128 Å². The molecule has 0 atom stereocenters. The molecule has 112 valence electrons. The fourth-order valence-corrected chi connectivity index (χ4v) is 2.29. The summed E-state index contributed by atoms with van der Waals surface area (Å²) in [6, 6.07) is 14.6. The fourth-order valence-electron chi connectivity index (χ4n) is 2.29. The zero-order chi connectivity index (χ0) is 15.9. The molecule has 5 nitrogen and oxygen atoms in total. The molecule has 0 saturated heterocycles. The Hall–Kier alpha value is -2.87. The minimum absolute atomic E-state index is 0.0767. The number of pyridine rings is 1. The van der Waals surface area contributed by atoms with Gasteiger partial charge in [0.15, 0.2) is 0 Å². The molecule has 0 bridgehead atoms. The molecule has 0 aliphatic heterocycles. The Balaban J connectivity index is 2.34. The molecule has 0 spiro atoms. The van der Waals surface area contributed by atoms with Crippen LogP contribution in [-0.2, 0) is 11.3 Å². The summed E-state index contributed by atoms with van der Waals surface area (Å²) in [5, 5.41) is 17.7. The molecule has 2 aromatic rings. The summed E-state index contributed by atoms with van der Waals surface area (Å²) in [5.74, 6) is -0.846. The number of hydrogen-bond acceptors (Lipinski definition) is 3. The van der Waals surface area contributed by atoms with Gasteiger partial charge in [-0.25, -0.2) is 0 Å². The second-order valence-corrected chi connectivity index (χ2v) is 4.92. The standard InChI is InChI=1S/C17H16N2O3/c18-12-14-9-10-15(13-6-2-1-3-7-13)19(17(14)22)11-5-4-8-16(20)21/h1-3,6-7,9-10H,4-5,8,11H2,(H,20,21). The third-order valence-electron chi connectivity index (χ3n) is 3.39. The monoisotopic (exact) mass is 296 g/mol. The van der Waals surface area contributed by atoms with E-state index in [-0.39, 0.29) is 17.5 Å². The van der Waals surface area contributed by atoms with E-state index < -0.39 is 5.97 Å². The highest BCUT2D eigenvalue weighted by atomic mass is 16.4. The van der Waals surface area contributed by atoms with Crippen molar-refractivity contribution < 1.29 is 9.90 Å².